The Morgan fingerprint density at radius 1 is 0.857 bits per heavy atom. The summed E-state index contributed by atoms with van der Waals surface area (Å²) in [5.41, 5.74) is 3.46. The zero-order chi connectivity index (χ0) is 19.9. The van der Waals surface area contributed by atoms with Crippen LogP contribution in [0.25, 0.3) is 11.1 Å². The van der Waals surface area contributed by atoms with Gasteiger partial charge < -0.3 is 15.4 Å². The first kappa shape index (κ1) is 19.6. The second kappa shape index (κ2) is 9.19. The fourth-order valence-corrected chi connectivity index (χ4v) is 3.10. The van der Waals surface area contributed by atoms with E-state index in [0.29, 0.717) is 17.1 Å². The lowest BCUT2D eigenvalue weighted by molar-refractivity contribution is -0.118. The van der Waals surface area contributed by atoms with Crippen LogP contribution < -0.4 is 15.4 Å². The topological polar surface area (TPSA) is 67.4 Å². The Hall–Kier alpha value is -3.12. The number of rotatable bonds is 6. The second-order valence-electron chi connectivity index (χ2n) is 6.11. The van der Waals surface area contributed by atoms with E-state index in [9.17, 15) is 9.59 Å². The van der Waals surface area contributed by atoms with Crippen LogP contribution in [0.2, 0.25) is 0 Å². The highest BCUT2D eigenvalue weighted by molar-refractivity contribution is 9.10. The van der Waals surface area contributed by atoms with Crippen molar-refractivity contribution in [3.8, 4) is 16.9 Å². The van der Waals surface area contributed by atoms with Crippen molar-refractivity contribution in [2.75, 3.05) is 17.2 Å². The molecule has 0 heterocycles. The lowest BCUT2D eigenvalue weighted by Gasteiger charge is -2.11. The van der Waals surface area contributed by atoms with E-state index in [-0.39, 0.29) is 18.4 Å². The zero-order valence-corrected chi connectivity index (χ0v) is 16.8. The molecule has 0 aliphatic heterocycles. The van der Waals surface area contributed by atoms with E-state index in [1.807, 2.05) is 48.5 Å². The molecule has 3 aromatic rings. The van der Waals surface area contributed by atoms with Crippen LogP contribution >= 0.6 is 15.9 Å². The predicted molar refractivity (Wildman–Crippen MR) is 114 cm³/mol. The summed E-state index contributed by atoms with van der Waals surface area (Å²) in [7, 11) is 0. The molecule has 2 N–H and O–H groups in total. The molecule has 0 radical (unpaired) electrons. The number of halogens is 1. The number of amides is 2. The van der Waals surface area contributed by atoms with Gasteiger partial charge in [-0.15, -0.1) is 0 Å². The molecule has 0 saturated heterocycles. The third-order valence-corrected chi connectivity index (χ3v) is 4.51. The molecule has 2 amide bonds. The molecular weight excluding hydrogens is 420 g/mol. The maximum atomic E-state index is 12.1. The smallest absolute Gasteiger partial charge is 0.262 e. The molecule has 0 spiro atoms. The van der Waals surface area contributed by atoms with Crippen molar-refractivity contribution in [3.05, 3.63) is 77.3 Å². The van der Waals surface area contributed by atoms with E-state index in [1.54, 1.807) is 24.3 Å². The molecule has 5 nitrogen and oxygen atoms in total. The third-order valence-electron chi connectivity index (χ3n) is 3.89. The molecule has 0 fully saturated rings. The Labute approximate surface area is 171 Å². The van der Waals surface area contributed by atoms with E-state index < -0.39 is 0 Å². The summed E-state index contributed by atoms with van der Waals surface area (Å²) in [5.74, 6) is 0.177. The van der Waals surface area contributed by atoms with Crippen LogP contribution in [-0.2, 0) is 9.59 Å². The molecule has 0 atom stereocenters. The van der Waals surface area contributed by atoms with E-state index in [0.717, 1.165) is 15.6 Å². The molecule has 28 heavy (non-hydrogen) atoms. The summed E-state index contributed by atoms with van der Waals surface area (Å²) in [5, 5.41) is 5.43. The van der Waals surface area contributed by atoms with Gasteiger partial charge in [-0.05, 0) is 63.5 Å². The van der Waals surface area contributed by atoms with Gasteiger partial charge >= 0.3 is 0 Å². The first-order chi connectivity index (χ1) is 13.5. The number of benzene rings is 3. The number of ether oxygens (including phenoxy) is 1. The minimum atomic E-state index is -0.272. The Morgan fingerprint density at radius 2 is 1.50 bits per heavy atom. The van der Waals surface area contributed by atoms with E-state index in [1.165, 1.54) is 6.92 Å². The van der Waals surface area contributed by atoms with Crippen molar-refractivity contribution >= 4 is 39.1 Å². The summed E-state index contributed by atoms with van der Waals surface area (Å²) < 4.78 is 6.40. The van der Waals surface area contributed by atoms with Crippen molar-refractivity contribution in [2.24, 2.45) is 0 Å². The maximum Gasteiger partial charge on any atom is 0.262 e. The lowest BCUT2D eigenvalue weighted by Crippen LogP contribution is -2.20. The van der Waals surface area contributed by atoms with Crippen molar-refractivity contribution in [1.29, 1.82) is 0 Å². The SMILES string of the molecule is CC(=O)Nc1ccc(NC(=O)COc2ccc(-c3ccccc3)cc2Br)cc1. The molecule has 3 aromatic carbocycles. The molecule has 0 aromatic heterocycles. The fourth-order valence-electron chi connectivity index (χ4n) is 2.61. The second-order valence-corrected chi connectivity index (χ2v) is 6.96. The highest BCUT2D eigenvalue weighted by Crippen LogP contribution is 2.30. The summed E-state index contributed by atoms with van der Waals surface area (Å²) in [6, 6.07) is 22.6. The van der Waals surface area contributed by atoms with Gasteiger partial charge in [0, 0.05) is 18.3 Å². The minimum absolute atomic E-state index is 0.114. The number of carbonyl (C=O) groups excluding carboxylic acids is 2. The molecule has 142 valence electrons. The van der Waals surface area contributed by atoms with Crippen LogP contribution in [0.4, 0.5) is 11.4 Å². The summed E-state index contributed by atoms with van der Waals surface area (Å²) in [6.07, 6.45) is 0. The monoisotopic (exact) mass is 438 g/mol. The Bertz CT molecular complexity index is 973. The van der Waals surface area contributed by atoms with Gasteiger partial charge in [-0.1, -0.05) is 36.4 Å². The number of nitrogens with one attached hydrogen (secondary N) is 2. The van der Waals surface area contributed by atoms with Gasteiger partial charge in [-0.3, -0.25) is 9.59 Å². The average Bonchev–Trinajstić information content (AvgIpc) is 2.69. The molecule has 3 rings (SSSR count). The van der Waals surface area contributed by atoms with Crippen LogP contribution in [0.5, 0.6) is 5.75 Å². The van der Waals surface area contributed by atoms with Gasteiger partial charge in [-0.2, -0.15) is 0 Å². The third kappa shape index (κ3) is 5.44. The first-order valence-electron chi connectivity index (χ1n) is 8.66. The number of hydrogen-bond acceptors (Lipinski definition) is 3. The first-order valence-corrected chi connectivity index (χ1v) is 9.46. The molecule has 0 aliphatic rings. The van der Waals surface area contributed by atoms with Gasteiger partial charge in [0.2, 0.25) is 5.91 Å². The van der Waals surface area contributed by atoms with Gasteiger partial charge in [0.05, 0.1) is 4.47 Å². The number of carbonyl (C=O) groups is 2. The quantitative estimate of drug-likeness (QED) is 0.562. The zero-order valence-electron chi connectivity index (χ0n) is 15.2. The van der Waals surface area contributed by atoms with Gasteiger partial charge in [0.1, 0.15) is 5.75 Å². The van der Waals surface area contributed by atoms with Crippen LogP contribution in [0.1, 0.15) is 6.92 Å². The Morgan fingerprint density at radius 3 is 2.11 bits per heavy atom. The lowest BCUT2D eigenvalue weighted by atomic mass is 10.1. The number of anilines is 2. The van der Waals surface area contributed by atoms with Crippen molar-refractivity contribution in [3.63, 3.8) is 0 Å². The fraction of sp³-hybridized carbons (Fsp3) is 0.0909. The van der Waals surface area contributed by atoms with Gasteiger partial charge in [-0.25, -0.2) is 0 Å². The molecule has 6 heteroatoms. The van der Waals surface area contributed by atoms with E-state index >= 15 is 0 Å². The molecular formula is C22H19BrN2O3. The Kier molecular flexibility index (Phi) is 6.45. The normalized spacial score (nSPS) is 10.2. The van der Waals surface area contributed by atoms with Crippen LogP contribution in [0, 0.1) is 0 Å². The van der Waals surface area contributed by atoms with Crippen LogP contribution in [-0.4, -0.2) is 18.4 Å². The molecule has 0 aliphatic carbocycles. The van der Waals surface area contributed by atoms with Gasteiger partial charge in [0.15, 0.2) is 6.61 Å². The maximum absolute atomic E-state index is 12.1. The average molecular weight is 439 g/mol. The van der Waals surface area contributed by atoms with Crippen molar-refractivity contribution < 1.29 is 14.3 Å². The van der Waals surface area contributed by atoms with E-state index in [2.05, 4.69) is 26.6 Å². The number of hydrogen-bond donors (Lipinski definition) is 2. The van der Waals surface area contributed by atoms with Gasteiger partial charge in [0.25, 0.3) is 5.91 Å². The minimum Gasteiger partial charge on any atom is -0.483 e. The standard InChI is InChI=1S/C22H19BrN2O3/c1-15(26)24-18-8-10-19(11-9-18)25-22(27)14-28-21-12-7-17(13-20(21)23)16-5-3-2-4-6-16/h2-13H,14H2,1H3,(H,24,26)(H,25,27). The van der Waals surface area contributed by atoms with Crippen molar-refractivity contribution in [1.82, 2.24) is 0 Å². The van der Waals surface area contributed by atoms with Crippen LogP contribution in [0.3, 0.4) is 0 Å². The summed E-state index contributed by atoms with van der Waals surface area (Å²) in [4.78, 5) is 23.2. The Balaban J connectivity index is 1.56. The molecule has 0 unspecified atom stereocenters. The summed E-state index contributed by atoms with van der Waals surface area (Å²) >= 11 is 3.50. The highest BCUT2D eigenvalue weighted by Gasteiger charge is 2.08. The van der Waals surface area contributed by atoms with Crippen molar-refractivity contribution in [2.45, 2.75) is 6.92 Å². The predicted octanol–water partition coefficient (Wildman–Crippen LogP) is 5.09. The highest BCUT2D eigenvalue weighted by atomic mass is 79.9. The van der Waals surface area contributed by atoms with Crippen LogP contribution in [0.15, 0.2) is 77.3 Å². The summed E-state index contributed by atoms with van der Waals surface area (Å²) in [6.45, 7) is 1.33. The van der Waals surface area contributed by atoms with E-state index in [4.69, 9.17) is 4.74 Å². The largest absolute Gasteiger partial charge is 0.483 e. The molecule has 0 saturated carbocycles. The molecule has 0 bridgehead atoms.